The molecule has 39 heavy (non-hydrogen) atoms. The van der Waals surface area contributed by atoms with Gasteiger partial charge in [0, 0.05) is 6.61 Å². The predicted octanol–water partition coefficient (Wildman–Crippen LogP) is 5.75. The van der Waals surface area contributed by atoms with Crippen LogP contribution in [0.4, 0.5) is 0 Å². The number of ether oxygens (including phenoxy) is 1. The fraction of sp³-hybridized carbons (Fsp3) is 0.333. The van der Waals surface area contributed by atoms with E-state index in [2.05, 4.69) is 59.2 Å². The molecule has 0 spiro atoms. The van der Waals surface area contributed by atoms with E-state index in [1.165, 1.54) is 10.4 Å². The summed E-state index contributed by atoms with van der Waals surface area (Å²) >= 11 is 0. The standard InChI is InChI=1S/C30H40O7Si2/c1-8-33-23-28(34-36-29(31)24-15-19-26(20-16-24)38(9-2,10-3)11-4)35-37-30(32)25-17-21-27(22-18-25)39(12-5,13-6)14-7/h9,12,15-22H,1-2,5,8,10-11,13-14,23H2,3-4,6-7H3. The Morgan fingerprint density at radius 2 is 1.03 bits per heavy atom. The summed E-state index contributed by atoms with van der Waals surface area (Å²) in [7, 11) is -3.58. The molecule has 2 aromatic carbocycles. The molecule has 7 nitrogen and oxygen atoms in total. The molecule has 0 saturated heterocycles. The lowest BCUT2D eigenvalue weighted by atomic mass is 10.2. The van der Waals surface area contributed by atoms with Crippen LogP contribution in [-0.2, 0) is 24.3 Å². The minimum atomic E-state index is -1.79. The highest BCUT2D eigenvalue weighted by molar-refractivity contribution is 6.96. The van der Waals surface area contributed by atoms with E-state index in [1.54, 1.807) is 24.3 Å². The van der Waals surface area contributed by atoms with Crippen molar-refractivity contribution >= 4 is 38.5 Å². The van der Waals surface area contributed by atoms with Gasteiger partial charge in [-0.15, -0.1) is 22.9 Å². The maximum absolute atomic E-state index is 12.5. The van der Waals surface area contributed by atoms with E-state index in [-0.39, 0.29) is 19.5 Å². The minimum Gasteiger partial charge on any atom is -0.375 e. The summed E-state index contributed by atoms with van der Waals surface area (Å²) in [4.78, 5) is 45.0. The Hall–Kier alpha value is -2.83. The Morgan fingerprint density at radius 1 is 0.667 bits per heavy atom. The maximum Gasteiger partial charge on any atom is 0.373 e. The van der Waals surface area contributed by atoms with Crippen LogP contribution in [0, 0.1) is 13.2 Å². The third-order valence-electron chi connectivity index (χ3n) is 7.48. The van der Waals surface area contributed by atoms with Crippen LogP contribution >= 0.6 is 0 Å². The van der Waals surface area contributed by atoms with Crippen LogP contribution in [0.5, 0.6) is 0 Å². The van der Waals surface area contributed by atoms with Crippen LogP contribution in [0.1, 0.15) is 48.4 Å². The number of hydrogen-bond acceptors (Lipinski definition) is 7. The van der Waals surface area contributed by atoms with Crippen molar-refractivity contribution < 1.29 is 33.9 Å². The van der Waals surface area contributed by atoms with Crippen LogP contribution in [0.2, 0.25) is 24.2 Å². The first-order chi connectivity index (χ1) is 18.8. The van der Waals surface area contributed by atoms with Crippen LogP contribution < -0.4 is 10.4 Å². The molecule has 0 saturated carbocycles. The van der Waals surface area contributed by atoms with Gasteiger partial charge in [0.1, 0.15) is 22.8 Å². The third-order valence-corrected chi connectivity index (χ3v) is 17.1. The van der Waals surface area contributed by atoms with Gasteiger partial charge in [-0.2, -0.15) is 0 Å². The normalized spacial score (nSPS) is 11.7. The predicted molar refractivity (Wildman–Crippen MR) is 158 cm³/mol. The molecule has 0 N–H and O–H groups in total. The zero-order valence-electron chi connectivity index (χ0n) is 23.5. The average molecular weight is 569 g/mol. The van der Waals surface area contributed by atoms with Gasteiger partial charge in [-0.3, -0.25) is 9.78 Å². The second kappa shape index (κ2) is 15.7. The van der Waals surface area contributed by atoms with Crippen LogP contribution in [0.3, 0.4) is 0 Å². The van der Waals surface area contributed by atoms with Gasteiger partial charge in [0.15, 0.2) is 0 Å². The fourth-order valence-electron chi connectivity index (χ4n) is 4.49. The van der Waals surface area contributed by atoms with Gasteiger partial charge < -0.3 is 4.74 Å². The van der Waals surface area contributed by atoms with Gasteiger partial charge >= 0.3 is 18.2 Å². The number of hydrogen-bond donors (Lipinski definition) is 0. The number of benzene rings is 2. The van der Waals surface area contributed by atoms with Crippen molar-refractivity contribution in [1.82, 2.24) is 0 Å². The summed E-state index contributed by atoms with van der Waals surface area (Å²) in [6, 6.07) is 18.6. The maximum atomic E-state index is 12.5. The van der Waals surface area contributed by atoms with Gasteiger partial charge in [-0.05, 0) is 31.2 Å². The highest BCUT2D eigenvalue weighted by Gasteiger charge is 2.29. The first kappa shape index (κ1) is 32.4. The van der Waals surface area contributed by atoms with Gasteiger partial charge in [0.05, 0.1) is 11.1 Å². The van der Waals surface area contributed by atoms with Crippen LogP contribution in [0.25, 0.3) is 0 Å². The van der Waals surface area contributed by atoms with Crippen molar-refractivity contribution in [2.24, 2.45) is 0 Å². The smallest absolute Gasteiger partial charge is 0.373 e. The molecule has 0 aliphatic carbocycles. The van der Waals surface area contributed by atoms with E-state index in [0.717, 1.165) is 24.2 Å². The zero-order chi connectivity index (χ0) is 28.9. The van der Waals surface area contributed by atoms with E-state index in [1.807, 2.05) is 24.3 Å². The van der Waals surface area contributed by atoms with Crippen molar-refractivity contribution in [2.75, 3.05) is 13.2 Å². The Kier molecular flexibility index (Phi) is 13.0. The van der Waals surface area contributed by atoms with E-state index in [4.69, 9.17) is 24.3 Å². The highest BCUT2D eigenvalue weighted by Crippen LogP contribution is 2.19. The Balaban J connectivity index is 2.00. The van der Waals surface area contributed by atoms with E-state index >= 15 is 0 Å². The van der Waals surface area contributed by atoms with E-state index in [0.29, 0.717) is 11.1 Å². The minimum absolute atomic E-state index is 0.0919. The number of carbonyl (C=O) groups excluding carboxylic acids is 2. The largest absolute Gasteiger partial charge is 0.375 e. The molecule has 0 aromatic heterocycles. The lowest BCUT2D eigenvalue weighted by molar-refractivity contribution is -0.368. The topological polar surface area (TPSA) is 80.3 Å². The second-order valence-electron chi connectivity index (χ2n) is 9.12. The summed E-state index contributed by atoms with van der Waals surface area (Å²) in [5.74, 6) is -1.47. The summed E-state index contributed by atoms with van der Waals surface area (Å²) in [6.45, 7) is 20.1. The molecule has 2 rings (SSSR count). The summed E-state index contributed by atoms with van der Waals surface area (Å²) in [6.07, 6.45) is -0.362. The first-order valence-electron chi connectivity index (χ1n) is 13.3. The molecule has 0 amide bonds. The second-order valence-corrected chi connectivity index (χ2v) is 18.5. The number of rotatable bonds is 17. The molecule has 0 bridgehead atoms. The third kappa shape index (κ3) is 8.09. The molecule has 0 fully saturated rings. The monoisotopic (exact) mass is 568 g/mol. The summed E-state index contributed by atoms with van der Waals surface area (Å²) in [5.41, 5.74) is 4.75. The molecule has 210 valence electrons. The lowest BCUT2D eigenvalue weighted by Gasteiger charge is -2.26. The molecule has 0 aliphatic rings. The quantitative estimate of drug-likeness (QED) is 0.137. The SMILES string of the molecule is [CH2]COC[C](OOC(=O)c1ccc([Si](C=C)(CC)CC)cc1)OOC(=O)c1ccc([Si](C=C)(CC)CC)cc1. The van der Waals surface area contributed by atoms with E-state index < -0.39 is 28.1 Å². The Labute approximate surface area is 234 Å². The van der Waals surface area contributed by atoms with Crippen LogP contribution in [-0.4, -0.2) is 41.3 Å². The first-order valence-corrected chi connectivity index (χ1v) is 18.3. The van der Waals surface area contributed by atoms with Crippen molar-refractivity contribution in [3.63, 3.8) is 0 Å². The Morgan fingerprint density at radius 3 is 1.31 bits per heavy atom. The van der Waals surface area contributed by atoms with Crippen molar-refractivity contribution in [3.05, 3.63) is 97.4 Å². The van der Waals surface area contributed by atoms with Gasteiger partial charge in [-0.25, -0.2) is 9.59 Å². The molecular formula is C30H40O7Si2. The average Bonchev–Trinajstić information content (AvgIpc) is 2.99. The van der Waals surface area contributed by atoms with Crippen molar-refractivity contribution in [2.45, 2.75) is 51.9 Å². The summed E-state index contributed by atoms with van der Waals surface area (Å²) < 4.78 is 5.16. The van der Waals surface area contributed by atoms with Gasteiger partial charge in [0.25, 0.3) is 0 Å². The van der Waals surface area contributed by atoms with E-state index in [9.17, 15) is 9.59 Å². The van der Waals surface area contributed by atoms with Crippen molar-refractivity contribution in [3.8, 4) is 0 Å². The molecular weight excluding hydrogens is 528 g/mol. The molecule has 0 aliphatic heterocycles. The number of carbonyl (C=O) groups is 2. The van der Waals surface area contributed by atoms with Gasteiger partial charge in [0.2, 0.25) is 0 Å². The lowest BCUT2D eigenvalue weighted by Crippen LogP contribution is -2.44. The molecule has 0 heterocycles. The molecule has 2 aromatic rings. The highest BCUT2D eigenvalue weighted by atomic mass is 28.3. The fourth-order valence-corrected chi connectivity index (χ4v) is 10.4. The Bertz CT molecular complexity index is 992. The van der Waals surface area contributed by atoms with Crippen LogP contribution in [0.15, 0.2) is 73.1 Å². The summed E-state index contributed by atoms with van der Waals surface area (Å²) in [5, 5.41) is 2.39. The van der Waals surface area contributed by atoms with Crippen molar-refractivity contribution in [1.29, 1.82) is 0 Å². The molecule has 0 atom stereocenters. The zero-order valence-corrected chi connectivity index (χ0v) is 25.5. The van der Waals surface area contributed by atoms with Gasteiger partial charge in [-0.1, -0.05) is 97.9 Å². The molecule has 9 heteroatoms. The molecule has 2 radical (unpaired) electrons. The molecule has 0 unspecified atom stereocenters.